The average molecular weight is 497 g/mol. The number of carbonyl (C=O) groups is 2. The number of benzene rings is 3. The number of anilines is 3. The summed E-state index contributed by atoms with van der Waals surface area (Å²) in [4.78, 5) is 27.9. The smallest absolute Gasteiger partial charge is 0.371 e. The number of hydrogen-bond donors (Lipinski definition) is 3. The molecule has 0 radical (unpaired) electrons. The monoisotopic (exact) mass is 496 g/mol. The summed E-state index contributed by atoms with van der Waals surface area (Å²) in [5.41, 5.74) is 1.64. The molecule has 188 valence electrons. The molecule has 1 unspecified atom stereocenters. The molecule has 4 rings (SSSR count). The minimum absolute atomic E-state index is 0.00524. The first-order chi connectivity index (χ1) is 17.2. The quantitative estimate of drug-likeness (QED) is 0.368. The van der Waals surface area contributed by atoms with Crippen LogP contribution in [0.1, 0.15) is 47.3 Å². The van der Waals surface area contributed by atoms with E-state index >= 15 is 0 Å². The SMILES string of the molecule is CC(NC(=O)c1cc(NC(=O)Nc2cccc(C(F)(F)F)c2)ccc1N1CCCC1)c1ccccc1. The predicted molar refractivity (Wildman–Crippen MR) is 134 cm³/mol. The first-order valence-electron chi connectivity index (χ1n) is 11.7. The van der Waals surface area contributed by atoms with Gasteiger partial charge in [0.1, 0.15) is 0 Å². The van der Waals surface area contributed by atoms with Gasteiger partial charge in [-0.2, -0.15) is 13.2 Å². The molecule has 36 heavy (non-hydrogen) atoms. The fourth-order valence-electron chi connectivity index (χ4n) is 4.20. The van der Waals surface area contributed by atoms with Crippen molar-refractivity contribution in [1.29, 1.82) is 0 Å². The predicted octanol–water partition coefficient (Wildman–Crippen LogP) is 6.44. The Labute approximate surface area is 207 Å². The van der Waals surface area contributed by atoms with Crippen LogP contribution in [0, 0.1) is 0 Å². The van der Waals surface area contributed by atoms with Gasteiger partial charge in [0.15, 0.2) is 0 Å². The highest BCUT2D eigenvalue weighted by atomic mass is 19.4. The molecule has 1 atom stereocenters. The first-order valence-corrected chi connectivity index (χ1v) is 11.7. The lowest BCUT2D eigenvalue weighted by Gasteiger charge is -2.23. The molecule has 1 aliphatic rings. The number of amides is 3. The van der Waals surface area contributed by atoms with Crippen LogP contribution in [0.5, 0.6) is 0 Å². The molecule has 3 amide bonds. The molecule has 1 fully saturated rings. The zero-order valence-electron chi connectivity index (χ0n) is 19.7. The molecule has 0 spiro atoms. The molecule has 6 nitrogen and oxygen atoms in total. The highest BCUT2D eigenvalue weighted by molar-refractivity contribution is 6.04. The lowest BCUT2D eigenvalue weighted by atomic mass is 10.1. The summed E-state index contributed by atoms with van der Waals surface area (Å²) in [5.74, 6) is -0.282. The summed E-state index contributed by atoms with van der Waals surface area (Å²) in [6, 6.07) is 18.1. The van der Waals surface area contributed by atoms with E-state index < -0.39 is 17.8 Å². The van der Waals surface area contributed by atoms with Crippen LogP contribution in [-0.4, -0.2) is 25.0 Å². The number of alkyl halides is 3. The summed E-state index contributed by atoms with van der Waals surface area (Å²) in [7, 11) is 0. The summed E-state index contributed by atoms with van der Waals surface area (Å²) >= 11 is 0. The molecule has 3 aromatic rings. The van der Waals surface area contributed by atoms with E-state index in [1.165, 1.54) is 12.1 Å². The largest absolute Gasteiger partial charge is 0.416 e. The van der Waals surface area contributed by atoms with Gasteiger partial charge in [0.25, 0.3) is 5.91 Å². The van der Waals surface area contributed by atoms with Crippen molar-refractivity contribution < 1.29 is 22.8 Å². The fraction of sp³-hybridized carbons (Fsp3) is 0.259. The molecule has 1 heterocycles. The molecule has 1 saturated heterocycles. The summed E-state index contributed by atoms with van der Waals surface area (Å²) < 4.78 is 38.9. The molecule has 1 aliphatic heterocycles. The Hall–Kier alpha value is -4.01. The fourth-order valence-corrected chi connectivity index (χ4v) is 4.20. The Morgan fingerprint density at radius 1 is 0.861 bits per heavy atom. The molecule has 0 saturated carbocycles. The van der Waals surface area contributed by atoms with Crippen molar-refractivity contribution in [2.24, 2.45) is 0 Å². The first kappa shape index (κ1) is 25.1. The van der Waals surface area contributed by atoms with Gasteiger partial charge < -0.3 is 20.9 Å². The van der Waals surface area contributed by atoms with Crippen LogP contribution >= 0.6 is 0 Å². The number of hydrogen-bond acceptors (Lipinski definition) is 3. The van der Waals surface area contributed by atoms with Gasteiger partial charge in [-0.05, 0) is 61.7 Å². The second-order valence-electron chi connectivity index (χ2n) is 8.69. The van der Waals surface area contributed by atoms with Crippen molar-refractivity contribution in [3.8, 4) is 0 Å². The molecule has 0 bridgehead atoms. The summed E-state index contributed by atoms with van der Waals surface area (Å²) in [6.45, 7) is 3.56. The van der Waals surface area contributed by atoms with E-state index in [9.17, 15) is 22.8 Å². The minimum atomic E-state index is -4.52. The number of nitrogens with zero attached hydrogens (tertiary/aromatic N) is 1. The van der Waals surface area contributed by atoms with Crippen LogP contribution in [-0.2, 0) is 6.18 Å². The molecule has 3 N–H and O–H groups in total. The Balaban J connectivity index is 1.52. The van der Waals surface area contributed by atoms with Crippen LogP contribution in [0.3, 0.4) is 0 Å². The van der Waals surface area contributed by atoms with Crippen molar-refractivity contribution in [3.05, 3.63) is 89.5 Å². The lowest BCUT2D eigenvalue weighted by Crippen LogP contribution is -2.30. The van der Waals surface area contributed by atoms with Crippen LogP contribution in [0.25, 0.3) is 0 Å². The van der Waals surface area contributed by atoms with E-state index in [-0.39, 0.29) is 17.6 Å². The second-order valence-corrected chi connectivity index (χ2v) is 8.69. The highest BCUT2D eigenvalue weighted by Gasteiger charge is 2.30. The topological polar surface area (TPSA) is 73.5 Å². The molecule has 0 aliphatic carbocycles. The minimum Gasteiger partial charge on any atom is -0.371 e. The van der Waals surface area contributed by atoms with E-state index in [0.717, 1.165) is 49.3 Å². The molecular formula is C27H27F3N4O2. The third kappa shape index (κ3) is 6.16. The van der Waals surface area contributed by atoms with Crippen molar-refractivity contribution in [2.45, 2.75) is 32.0 Å². The van der Waals surface area contributed by atoms with Crippen LogP contribution in [0.2, 0.25) is 0 Å². The maximum Gasteiger partial charge on any atom is 0.416 e. The number of rotatable bonds is 6. The number of nitrogens with one attached hydrogen (secondary N) is 3. The molecular weight excluding hydrogens is 469 g/mol. The van der Waals surface area contributed by atoms with Gasteiger partial charge in [-0.3, -0.25) is 4.79 Å². The standard InChI is InChI=1S/C27H27F3N4O2/c1-18(19-8-3-2-4-9-19)31-25(35)23-17-22(12-13-24(23)34-14-5-6-15-34)33-26(36)32-21-11-7-10-20(16-21)27(28,29)30/h2-4,7-13,16-18H,5-6,14-15H2,1H3,(H,31,35)(H2,32,33,36). The van der Waals surface area contributed by atoms with E-state index in [1.54, 1.807) is 18.2 Å². The third-order valence-electron chi connectivity index (χ3n) is 6.04. The van der Waals surface area contributed by atoms with Crippen molar-refractivity contribution in [1.82, 2.24) is 5.32 Å². The molecule has 9 heteroatoms. The van der Waals surface area contributed by atoms with Gasteiger partial charge in [-0.1, -0.05) is 36.4 Å². The Morgan fingerprint density at radius 2 is 1.53 bits per heavy atom. The Kier molecular flexibility index (Phi) is 7.47. The van der Waals surface area contributed by atoms with E-state index in [4.69, 9.17) is 0 Å². The van der Waals surface area contributed by atoms with E-state index in [2.05, 4.69) is 20.9 Å². The van der Waals surface area contributed by atoms with Crippen molar-refractivity contribution in [3.63, 3.8) is 0 Å². The number of urea groups is 1. The average Bonchev–Trinajstić information content (AvgIpc) is 3.39. The van der Waals surface area contributed by atoms with E-state index in [1.807, 2.05) is 37.3 Å². The Bertz CT molecular complexity index is 1230. The summed E-state index contributed by atoms with van der Waals surface area (Å²) in [6.07, 6.45) is -2.46. The zero-order valence-corrected chi connectivity index (χ0v) is 19.7. The number of halogens is 3. The van der Waals surface area contributed by atoms with Crippen LogP contribution in [0.15, 0.2) is 72.8 Å². The summed E-state index contributed by atoms with van der Waals surface area (Å²) in [5, 5.41) is 8.05. The molecule has 3 aromatic carbocycles. The van der Waals surface area contributed by atoms with Crippen molar-refractivity contribution in [2.75, 3.05) is 28.6 Å². The van der Waals surface area contributed by atoms with Gasteiger partial charge in [0.2, 0.25) is 0 Å². The zero-order chi connectivity index (χ0) is 25.7. The van der Waals surface area contributed by atoms with Crippen LogP contribution in [0.4, 0.5) is 35.0 Å². The normalized spacial score (nSPS) is 14.3. The third-order valence-corrected chi connectivity index (χ3v) is 6.04. The van der Waals surface area contributed by atoms with Gasteiger partial charge in [0.05, 0.1) is 17.2 Å². The van der Waals surface area contributed by atoms with Crippen LogP contribution < -0.4 is 20.9 Å². The second kappa shape index (κ2) is 10.7. The highest BCUT2D eigenvalue weighted by Crippen LogP contribution is 2.31. The van der Waals surface area contributed by atoms with Gasteiger partial charge in [0, 0.05) is 30.2 Å². The van der Waals surface area contributed by atoms with Crippen molar-refractivity contribution >= 4 is 29.0 Å². The maximum atomic E-state index is 13.3. The molecule has 0 aromatic heterocycles. The van der Waals surface area contributed by atoms with E-state index in [0.29, 0.717) is 11.3 Å². The van der Waals surface area contributed by atoms with Gasteiger partial charge in [-0.15, -0.1) is 0 Å². The van der Waals surface area contributed by atoms with Gasteiger partial charge in [-0.25, -0.2) is 4.79 Å². The number of carbonyl (C=O) groups excluding carboxylic acids is 2. The maximum absolute atomic E-state index is 13.3. The van der Waals surface area contributed by atoms with Gasteiger partial charge >= 0.3 is 12.2 Å². The Morgan fingerprint density at radius 3 is 2.19 bits per heavy atom. The lowest BCUT2D eigenvalue weighted by molar-refractivity contribution is -0.137.